The highest BCUT2D eigenvalue weighted by Gasteiger charge is 2.22. The molecule has 0 spiro atoms. The van der Waals surface area contributed by atoms with Crippen LogP contribution in [-0.4, -0.2) is 24.0 Å². The Labute approximate surface area is 92.2 Å². The Morgan fingerprint density at radius 1 is 1.13 bits per heavy atom. The quantitative estimate of drug-likeness (QED) is 0.708. The summed E-state index contributed by atoms with van der Waals surface area (Å²) in [4.78, 5) is 11.6. The number of hydrogen-bond donors (Lipinski definition) is 1. The van der Waals surface area contributed by atoms with Crippen LogP contribution in [0.2, 0.25) is 0 Å². The predicted octanol–water partition coefficient (Wildman–Crippen LogP) is 2.08. The van der Waals surface area contributed by atoms with E-state index in [9.17, 15) is 4.79 Å². The van der Waals surface area contributed by atoms with E-state index in [0.29, 0.717) is 5.91 Å². The fourth-order valence-corrected chi connectivity index (χ4v) is 2.65. The number of amides is 1. The van der Waals surface area contributed by atoms with Crippen molar-refractivity contribution in [1.29, 1.82) is 0 Å². The summed E-state index contributed by atoms with van der Waals surface area (Å²) in [5, 5.41) is 1.87. The smallest absolute Gasteiger partial charge is 0.236 e. The van der Waals surface area contributed by atoms with Crippen molar-refractivity contribution in [3.05, 3.63) is 0 Å². The van der Waals surface area contributed by atoms with Gasteiger partial charge in [0.05, 0.1) is 0 Å². The molecule has 3 nitrogen and oxygen atoms in total. The summed E-state index contributed by atoms with van der Waals surface area (Å²) in [5.74, 6) is 1.03. The van der Waals surface area contributed by atoms with Crippen molar-refractivity contribution in [3.63, 3.8) is 0 Å². The van der Waals surface area contributed by atoms with E-state index in [-0.39, 0.29) is 0 Å². The van der Waals surface area contributed by atoms with Gasteiger partial charge in [0, 0.05) is 19.5 Å². The van der Waals surface area contributed by atoms with Gasteiger partial charge in [-0.2, -0.15) is 0 Å². The topological polar surface area (TPSA) is 32.3 Å². The van der Waals surface area contributed by atoms with E-state index in [0.717, 1.165) is 31.8 Å². The normalized spacial score (nSPS) is 25.3. The van der Waals surface area contributed by atoms with Gasteiger partial charge in [0.1, 0.15) is 0 Å². The van der Waals surface area contributed by atoms with Gasteiger partial charge in [0.15, 0.2) is 0 Å². The molecule has 1 N–H and O–H groups in total. The van der Waals surface area contributed by atoms with Crippen molar-refractivity contribution >= 4 is 5.91 Å². The molecule has 86 valence electrons. The number of rotatable bonds is 2. The Balaban J connectivity index is 1.80. The Bertz CT molecular complexity index is 210. The number of nitrogens with zero attached hydrogens (tertiary/aromatic N) is 1. The second-order valence-corrected chi connectivity index (χ2v) is 4.87. The lowest BCUT2D eigenvalue weighted by Gasteiger charge is -2.30. The molecule has 1 saturated carbocycles. The third-order valence-corrected chi connectivity index (χ3v) is 3.59. The van der Waals surface area contributed by atoms with E-state index in [1.54, 1.807) is 0 Å². The van der Waals surface area contributed by atoms with Crippen molar-refractivity contribution in [2.24, 2.45) is 5.92 Å². The zero-order valence-corrected chi connectivity index (χ0v) is 9.50. The Kier molecular flexibility index (Phi) is 4.01. The van der Waals surface area contributed by atoms with Crippen LogP contribution in [0.25, 0.3) is 0 Å². The van der Waals surface area contributed by atoms with E-state index in [4.69, 9.17) is 0 Å². The van der Waals surface area contributed by atoms with Crippen molar-refractivity contribution in [2.45, 2.75) is 51.4 Å². The molecule has 2 fully saturated rings. The van der Waals surface area contributed by atoms with Crippen molar-refractivity contribution < 1.29 is 4.79 Å². The number of hydrogen-bond acceptors (Lipinski definition) is 2. The van der Waals surface area contributed by atoms with Crippen molar-refractivity contribution in [2.75, 3.05) is 13.1 Å². The van der Waals surface area contributed by atoms with Crippen LogP contribution < -0.4 is 5.43 Å². The third-order valence-electron chi connectivity index (χ3n) is 3.59. The molecule has 1 aliphatic carbocycles. The third kappa shape index (κ3) is 3.20. The summed E-state index contributed by atoms with van der Waals surface area (Å²) in [5.41, 5.74) is 3.22. The van der Waals surface area contributed by atoms with Crippen LogP contribution in [0.1, 0.15) is 51.4 Å². The monoisotopic (exact) mass is 210 g/mol. The predicted molar refractivity (Wildman–Crippen MR) is 60.1 cm³/mol. The minimum absolute atomic E-state index is 0.297. The molecule has 0 aromatic rings. The van der Waals surface area contributed by atoms with E-state index in [1.165, 1.54) is 38.5 Å². The molecule has 0 radical (unpaired) electrons. The first kappa shape index (κ1) is 10.9. The molecular formula is C12H22N2O. The van der Waals surface area contributed by atoms with Gasteiger partial charge >= 0.3 is 0 Å². The largest absolute Gasteiger partial charge is 0.278 e. The lowest BCUT2D eigenvalue weighted by molar-refractivity contribution is -0.137. The molecule has 2 aliphatic rings. The molecule has 0 bridgehead atoms. The van der Waals surface area contributed by atoms with Crippen LogP contribution in [0.3, 0.4) is 0 Å². The Morgan fingerprint density at radius 2 is 1.87 bits per heavy atom. The maximum atomic E-state index is 11.6. The average molecular weight is 210 g/mol. The zero-order valence-electron chi connectivity index (χ0n) is 9.50. The standard InChI is InChI=1S/C12H22N2O/c15-12-8-5-9-13-14(12)10-11-6-3-1-2-4-7-11/h11,13H,1-10H2. The molecule has 15 heavy (non-hydrogen) atoms. The summed E-state index contributed by atoms with van der Waals surface area (Å²) < 4.78 is 0. The minimum Gasteiger partial charge on any atom is -0.278 e. The molecule has 1 heterocycles. The molecule has 0 aromatic carbocycles. The van der Waals surface area contributed by atoms with Crippen molar-refractivity contribution in [3.8, 4) is 0 Å². The summed E-state index contributed by atoms with van der Waals surface area (Å²) >= 11 is 0. The van der Waals surface area contributed by atoms with Crippen LogP contribution in [0.15, 0.2) is 0 Å². The number of nitrogens with one attached hydrogen (secondary N) is 1. The maximum Gasteiger partial charge on any atom is 0.236 e. The molecule has 2 rings (SSSR count). The second kappa shape index (κ2) is 5.50. The molecule has 3 heteroatoms. The van der Waals surface area contributed by atoms with Crippen molar-refractivity contribution in [1.82, 2.24) is 10.4 Å². The first-order chi connectivity index (χ1) is 7.36. The molecular weight excluding hydrogens is 188 g/mol. The van der Waals surface area contributed by atoms with Gasteiger partial charge in [-0.1, -0.05) is 25.7 Å². The van der Waals surface area contributed by atoms with Crippen LogP contribution in [0, 0.1) is 5.92 Å². The molecule has 0 unspecified atom stereocenters. The number of carbonyl (C=O) groups is 1. The van der Waals surface area contributed by atoms with E-state index in [1.807, 2.05) is 5.01 Å². The lowest BCUT2D eigenvalue weighted by Crippen LogP contribution is -2.49. The highest BCUT2D eigenvalue weighted by molar-refractivity contribution is 5.76. The summed E-state index contributed by atoms with van der Waals surface area (Å²) in [7, 11) is 0. The SMILES string of the molecule is O=C1CCCNN1CC1CCCCCC1. The van der Waals surface area contributed by atoms with Gasteiger partial charge in [-0.05, 0) is 25.2 Å². The Hall–Kier alpha value is -0.570. The van der Waals surface area contributed by atoms with Crippen LogP contribution >= 0.6 is 0 Å². The number of carbonyl (C=O) groups excluding carboxylic acids is 1. The minimum atomic E-state index is 0.297. The zero-order chi connectivity index (χ0) is 10.5. The van der Waals surface area contributed by atoms with Gasteiger partial charge in [0.25, 0.3) is 0 Å². The molecule has 1 saturated heterocycles. The van der Waals surface area contributed by atoms with Gasteiger partial charge < -0.3 is 0 Å². The molecule has 0 aromatic heterocycles. The molecule has 0 atom stereocenters. The van der Waals surface area contributed by atoms with Crippen LogP contribution in [0.5, 0.6) is 0 Å². The summed E-state index contributed by atoms with van der Waals surface area (Å²) in [6, 6.07) is 0. The first-order valence-corrected chi connectivity index (χ1v) is 6.40. The van der Waals surface area contributed by atoms with Gasteiger partial charge in [-0.3, -0.25) is 9.80 Å². The highest BCUT2D eigenvalue weighted by atomic mass is 16.2. The van der Waals surface area contributed by atoms with E-state index in [2.05, 4.69) is 5.43 Å². The maximum absolute atomic E-state index is 11.6. The van der Waals surface area contributed by atoms with Crippen LogP contribution in [0.4, 0.5) is 0 Å². The van der Waals surface area contributed by atoms with Gasteiger partial charge in [-0.25, -0.2) is 5.43 Å². The van der Waals surface area contributed by atoms with Gasteiger partial charge in [0.2, 0.25) is 5.91 Å². The number of hydrazine groups is 1. The second-order valence-electron chi connectivity index (χ2n) is 4.87. The summed E-state index contributed by atoms with van der Waals surface area (Å²) in [6.45, 7) is 1.91. The van der Waals surface area contributed by atoms with E-state index < -0.39 is 0 Å². The lowest BCUT2D eigenvalue weighted by atomic mass is 10.00. The molecule has 1 amide bonds. The Morgan fingerprint density at radius 3 is 2.53 bits per heavy atom. The average Bonchev–Trinajstić information content (AvgIpc) is 2.50. The van der Waals surface area contributed by atoms with Gasteiger partial charge in [-0.15, -0.1) is 0 Å². The highest BCUT2D eigenvalue weighted by Crippen LogP contribution is 2.23. The van der Waals surface area contributed by atoms with Crippen LogP contribution in [-0.2, 0) is 4.79 Å². The molecule has 1 aliphatic heterocycles. The van der Waals surface area contributed by atoms with E-state index >= 15 is 0 Å². The first-order valence-electron chi connectivity index (χ1n) is 6.40. The summed E-state index contributed by atoms with van der Waals surface area (Å²) in [6.07, 6.45) is 9.84. The fourth-order valence-electron chi connectivity index (χ4n) is 2.65. The fraction of sp³-hybridized carbons (Fsp3) is 0.917.